The summed E-state index contributed by atoms with van der Waals surface area (Å²) in [6.45, 7) is 0. The highest BCUT2D eigenvalue weighted by Crippen LogP contribution is 2.10. The summed E-state index contributed by atoms with van der Waals surface area (Å²) < 4.78 is 26.2. The van der Waals surface area contributed by atoms with Crippen molar-refractivity contribution in [1.29, 1.82) is 5.26 Å². The van der Waals surface area contributed by atoms with E-state index in [0.717, 1.165) is 6.07 Å². The number of benzene rings is 1. The summed E-state index contributed by atoms with van der Waals surface area (Å²) >= 11 is 0. The maximum absolute atomic E-state index is 13.4. The molecule has 0 saturated heterocycles. The van der Waals surface area contributed by atoms with Gasteiger partial charge in [-0.15, -0.1) is 0 Å². The van der Waals surface area contributed by atoms with Crippen molar-refractivity contribution in [3.8, 4) is 6.07 Å². The quantitative estimate of drug-likeness (QED) is 0.739. The number of nitrogens with zero attached hydrogens (tertiary/aromatic N) is 1. The van der Waals surface area contributed by atoms with Gasteiger partial charge in [-0.05, 0) is 24.5 Å². The molecule has 0 aliphatic carbocycles. The highest BCUT2D eigenvalue weighted by atomic mass is 19.1. The van der Waals surface area contributed by atoms with E-state index in [1.165, 1.54) is 6.07 Å². The Morgan fingerprint density at radius 2 is 2.10 bits per heavy atom. The SMILES string of the molecule is N#CCCC[C@@H](NC(=O)Cc1ccc(F)cc1F)C(N)=O. The first-order chi connectivity index (χ1) is 9.93. The second-order valence-corrected chi connectivity index (χ2v) is 4.49. The zero-order valence-corrected chi connectivity index (χ0v) is 11.2. The van der Waals surface area contributed by atoms with Gasteiger partial charge in [0.1, 0.15) is 17.7 Å². The molecule has 112 valence electrons. The highest BCUT2D eigenvalue weighted by molar-refractivity contribution is 5.87. The number of halogens is 2. The lowest BCUT2D eigenvalue weighted by Crippen LogP contribution is -2.45. The maximum Gasteiger partial charge on any atom is 0.240 e. The Balaban J connectivity index is 2.61. The normalized spacial score (nSPS) is 11.5. The number of primary amides is 1. The largest absolute Gasteiger partial charge is 0.368 e. The van der Waals surface area contributed by atoms with E-state index in [-0.39, 0.29) is 24.8 Å². The van der Waals surface area contributed by atoms with Gasteiger partial charge in [0.25, 0.3) is 0 Å². The van der Waals surface area contributed by atoms with Crippen LogP contribution < -0.4 is 11.1 Å². The van der Waals surface area contributed by atoms with Crippen LogP contribution in [0.2, 0.25) is 0 Å². The molecule has 7 heteroatoms. The van der Waals surface area contributed by atoms with Gasteiger partial charge >= 0.3 is 0 Å². The van der Waals surface area contributed by atoms with Crippen molar-refractivity contribution in [2.45, 2.75) is 31.7 Å². The van der Waals surface area contributed by atoms with E-state index in [0.29, 0.717) is 12.5 Å². The second kappa shape index (κ2) is 7.94. The van der Waals surface area contributed by atoms with Crippen molar-refractivity contribution < 1.29 is 18.4 Å². The minimum atomic E-state index is -0.908. The fraction of sp³-hybridized carbons (Fsp3) is 0.357. The molecule has 0 fully saturated rings. The van der Waals surface area contributed by atoms with Gasteiger partial charge in [0.05, 0.1) is 12.5 Å². The van der Waals surface area contributed by atoms with Gasteiger partial charge in [-0.25, -0.2) is 8.78 Å². The molecule has 0 aromatic heterocycles. The van der Waals surface area contributed by atoms with Crippen molar-refractivity contribution in [1.82, 2.24) is 5.32 Å². The van der Waals surface area contributed by atoms with Crippen LogP contribution in [0, 0.1) is 23.0 Å². The molecule has 0 heterocycles. The number of unbranched alkanes of at least 4 members (excludes halogenated alkanes) is 1. The molecule has 0 spiro atoms. The van der Waals surface area contributed by atoms with E-state index >= 15 is 0 Å². The molecule has 1 aromatic carbocycles. The van der Waals surface area contributed by atoms with Crippen LogP contribution in [-0.4, -0.2) is 17.9 Å². The van der Waals surface area contributed by atoms with E-state index in [4.69, 9.17) is 11.0 Å². The van der Waals surface area contributed by atoms with Gasteiger partial charge in [0.2, 0.25) is 11.8 Å². The summed E-state index contributed by atoms with van der Waals surface area (Å²) in [5, 5.41) is 10.8. The van der Waals surface area contributed by atoms with E-state index in [1.807, 2.05) is 6.07 Å². The number of rotatable bonds is 7. The Hall–Kier alpha value is -2.49. The molecular formula is C14H15F2N3O2. The first-order valence-electron chi connectivity index (χ1n) is 6.33. The van der Waals surface area contributed by atoms with E-state index in [9.17, 15) is 18.4 Å². The van der Waals surface area contributed by atoms with Gasteiger partial charge in [-0.3, -0.25) is 9.59 Å². The summed E-state index contributed by atoms with van der Waals surface area (Å²) in [5.74, 6) is -2.88. The van der Waals surface area contributed by atoms with Crippen LogP contribution in [0.25, 0.3) is 0 Å². The van der Waals surface area contributed by atoms with Gasteiger partial charge in [-0.2, -0.15) is 5.26 Å². The molecule has 3 N–H and O–H groups in total. The lowest BCUT2D eigenvalue weighted by Gasteiger charge is -2.15. The van der Waals surface area contributed by atoms with Crippen LogP contribution >= 0.6 is 0 Å². The second-order valence-electron chi connectivity index (χ2n) is 4.49. The average Bonchev–Trinajstić information content (AvgIpc) is 2.41. The molecule has 0 saturated carbocycles. The van der Waals surface area contributed by atoms with Crippen LogP contribution in [0.1, 0.15) is 24.8 Å². The molecule has 1 rings (SSSR count). The first kappa shape index (κ1) is 16.6. The van der Waals surface area contributed by atoms with Crippen molar-refractivity contribution in [2.75, 3.05) is 0 Å². The zero-order valence-electron chi connectivity index (χ0n) is 11.2. The molecule has 21 heavy (non-hydrogen) atoms. The monoisotopic (exact) mass is 295 g/mol. The molecule has 2 amide bonds. The van der Waals surface area contributed by atoms with E-state index < -0.39 is 29.5 Å². The molecule has 0 unspecified atom stereocenters. The Morgan fingerprint density at radius 1 is 1.38 bits per heavy atom. The molecule has 1 atom stereocenters. The fourth-order valence-corrected chi connectivity index (χ4v) is 1.75. The van der Waals surface area contributed by atoms with Gasteiger partial charge in [0, 0.05) is 12.5 Å². The van der Waals surface area contributed by atoms with Crippen LogP contribution in [0.5, 0.6) is 0 Å². The predicted molar refractivity (Wildman–Crippen MR) is 70.7 cm³/mol. The van der Waals surface area contributed by atoms with Crippen LogP contribution in [-0.2, 0) is 16.0 Å². The summed E-state index contributed by atoms with van der Waals surface area (Å²) in [7, 11) is 0. The molecule has 0 radical (unpaired) electrons. The van der Waals surface area contributed by atoms with Gasteiger partial charge in [-0.1, -0.05) is 6.07 Å². The fourth-order valence-electron chi connectivity index (χ4n) is 1.75. The average molecular weight is 295 g/mol. The topological polar surface area (TPSA) is 96.0 Å². The summed E-state index contributed by atoms with van der Waals surface area (Å²) in [6, 6.07) is 3.90. The van der Waals surface area contributed by atoms with Crippen molar-refractivity contribution >= 4 is 11.8 Å². The number of carbonyl (C=O) groups excluding carboxylic acids is 2. The zero-order chi connectivity index (χ0) is 15.8. The number of amides is 2. The molecule has 1 aromatic rings. The number of nitrogens with one attached hydrogen (secondary N) is 1. The highest BCUT2D eigenvalue weighted by Gasteiger charge is 2.18. The Kier molecular flexibility index (Phi) is 6.27. The van der Waals surface area contributed by atoms with Crippen LogP contribution in [0.3, 0.4) is 0 Å². The number of carbonyl (C=O) groups is 2. The standard InChI is InChI=1S/C14H15F2N3O2/c15-10-5-4-9(11(16)8-10)7-13(20)19-12(14(18)21)3-1-2-6-17/h4-5,8,12H,1-3,7H2,(H2,18,21)(H,19,20)/t12-/m1/s1. The van der Waals surface area contributed by atoms with Crippen LogP contribution in [0.4, 0.5) is 8.78 Å². The number of nitrogens with two attached hydrogens (primary N) is 1. The van der Waals surface area contributed by atoms with Crippen molar-refractivity contribution in [3.63, 3.8) is 0 Å². The lowest BCUT2D eigenvalue weighted by molar-refractivity contribution is -0.127. The summed E-state index contributed by atoms with van der Waals surface area (Å²) in [5.41, 5.74) is 5.17. The Labute approximate surface area is 120 Å². The maximum atomic E-state index is 13.4. The van der Waals surface area contributed by atoms with E-state index in [2.05, 4.69) is 5.32 Å². The smallest absolute Gasteiger partial charge is 0.240 e. The molecule has 5 nitrogen and oxygen atoms in total. The molecule has 0 aliphatic heterocycles. The molecule has 0 aliphatic rings. The summed E-state index contributed by atoms with van der Waals surface area (Å²) in [6.07, 6.45) is 0.566. The van der Waals surface area contributed by atoms with Gasteiger partial charge in [0.15, 0.2) is 0 Å². The minimum Gasteiger partial charge on any atom is -0.368 e. The lowest BCUT2D eigenvalue weighted by atomic mass is 10.1. The van der Waals surface area contributed by atoms with Crippen LogP contribution in [0.15, 0.2) is 18.2 Å². The third-order valence-corrected chi connectivity index (χ3v) is 2.83. The number of nitriles is 1. The first-order valence-corrected chi connectivity index (χ1v) is 6.33. The minimum absolute atomic E-state index is 0.0224. The summed E-state index contributed by atoms with van der Waals surface area (Å²) in [4.78, 5) is 22.9. The molecular weight excluding hydrogens is 280 g/mol. The van der Waals surface area contributed by atoms with E-state index in [1.54, 1.807) is 0 Å². The number of hydrogen-bond donors (Lipinski definition) is 2. The van der Waals surface area contributed by atoms with Crippen molar-refractivity contribution in [3.05, 3.63) is 35.4 Å². The Bertz CT molecular complexity index is 570. The third-order valence-electron chi connectivity index (χ3n) is 2.83. The Morgan fingerprint density at radius 3 is 2.67 bits per heavy atom. The number of hydrogen-bond acceptors (Lipinski definition) is 3. The predicted octanol–water partition coefficient (Wildman–Crippen LogP) is 1.17. The third kappa shape index (κ3) is 5.57. The molecule has 0 bridgehead atoms. The van der Waals surface area contributed by atoms with Crippen molar-refractivity contribution in [2.24, 2.45) is 5.73 Å². The van der Waals surface area contributed by atoms with Gasteiger partial charge < -0.3 is 11.1 Å².